The predicted molar refractivity (Wildman–Crippen MR) is 74.7 cm³/mol. The average molecular weight is 255 g/mol. The number of carbonyl (C=O) groups is 1. The highest BCUT2D eigenvalue weighted by Gasteiger charge is 2.13. The molecule has 0 spiro atoms. The first-order valence-electron chi connectivity index (χ1n) is 6.19. The highest BCUT2D eigenvalue weighted by molar-refractivity contribution is 5.98. The van der Waals surface area contributed by atoms with E-state index in [-0.39, 0.29) is 5.78 Å². The van der Waals surface area contributed by atoms with Gasteiger partial charge in [0.2, 0.25) is 0 Å². The number of nitrogens with zero attached hydrogens (tertiary/aromatic N) is 1. The van der Waals surface area contributed by atoms with Gasteiger partial charge >= 0.3 is 0 Å². The zero-order chi connectivity index (χ0) is 13.8. The van der Waals surface area contributed by atoms with Crippen LogP contribution in [0.2, 0.25) is 0 Å². The van der Waals surface area contributed by atoms with Crippen LogP contribution in [0.5, 0.6) is 5.75 Å². The first-order chi connectivity index (χ1) is 9.11. The molecule has 0 radical (unpaired) electrons. The number of aryl methyl sites for hydroxylation is 2. The third kappa shape index (κ3) is 2.99. The molecule has 0 N–H and O–H groups in total. The van der Waals surface area contributed by atoms with Crippen LogP contribution in [0.4, 0.5) is 0 Å². The Morgan fingerprint density at radius 1 is 1.26 bits per heavy atom. The summed E-state index contributed by atoms with van der Waals surface area (Å²) in [5.41, 5.74) is 3.66. The Balaban J connectivity index is 2.29. The van der Waals surface area contributed by atoms with E-state index in [1.165, 1.54) is 0 Å². The van der Waals surface area contributed by atoms with Crippen LogP contribution in [0.25, 0.3) is 0 Å². The summed E-state index contributed by atoms with van der Waals surface area (Å²) in [6, 6.07) is 7.63. The maximum absolute atomic E-state index is 12.3. The molecule has 3 nitrogen and oxygen atoms in total. The fraction of sp³-hybridized carbons (Fsp3) is 0.250. The van der Waals surface area contributed by atoms with Crippen molar-refractivity contribution in [3.8, 4) is 5.75 Å². The van der Waals surface area contributed by atoms with Crippen molar-refractivity contribution in [1.29, 1.82) is 0 Å². The summed E-state index contributed by atoms with van der Waals surface area (Å²) >= 11 is 0. The molecule has 0 unspecified atom stereocenters. The number of aromatic nitrogens is 1. The quantitative estimate of drug-likeness (QED) is 0.788. The van der Waals surface area contributed by atoms with Crippen molar-refractivity contribution in [2.75, 3.05) is 7.11 Å². The second-order valence-corrected chi connectivity index (χ2v) is 4.61. The van der Waals surface area contributed by atoms with Gasteiger partial charge < -0.3 is 4.74 Å². The van der Waals surface area contributed by atoms with Gasteiger partial charge in [0.05, 0.1) is 7.11 Å². The number of ketones is 1. The Kier molecular flexibility index (Phi) is 3.95. The lowest BCUT2D eigenvalue weighted by atomic mass is 9.99. The van der Waals surface area contributed by atoms with Crippen LogP contribution in [0, 0.1) is 13.8 Å². The Morgan fingerprint density at radius 2 is 2.05 bits per heavy atom. The number of rotatable bonds is 4. The van der Waals surface area contributed by atoms with Crippen molar-refractivity contribution < 1.29 is 9.53 Å². The van der Waals surface area contributed by atoms with Crippen LogP contribution in [0.1, 0.15) is 27.0 Å². The van der Waals surface area contributed by atoms with E-state index in [1.54, 1.807) is 25.6 Å². The monoisotopic (exact) mass is 255 g/mol. The molecule has 0 aliphatic rings. The highest BCUT2D eigenvalue weighted by atomic mass is 16.5. The summed E-state index contributed by atoms with van der Waals surface area (Å²) in [5.74, 6) is 0.842. The van der Waals surface area contributed by atoms with Crippen LogP contribution in [-0.4, -0.2) is 17.9 Å². The maximum atomic E-state index is 12.3. The van der Waals surface area contributed by atoms with Gasteiger partial charge in [-0.2, -0.15) is 0 Å². The molecule has 2 aromatic rings. The smallest absolute Gasteiger partial charge is 0.167 e. The Labute approximate surface area is 113 Å². The molecular weight excluding hydrogens is 238 g/mol. The lowest BCUT2D eigenvalue weighted by Gasteiger charge is -2.10. The summed E-state index contributed by atoms with van der Waals surface area (Å²) in [6.45, 7) is 3.90. The van der Waals surface area contributed by atoms with E-state index in [0.717, 1.165) is 28.0 Å². The zero-order valence-corrected chi connectivity index (χ0v) is 11.4. The van der Waals surface area contributed by atoms with E-state index in [1.807, 2.05) is 32.0 Å². The van der Waals surface area contributed by atoms with E-state index in [4.69, 9.17) is 4.74 Å². The molecule has 0 amide bonds. The molecule has 19 heavy (non-hydrogen) atoms. The molecule has 1 heterocycles. The van der Waals surface area contributed by atoms with Crippen LogP contribution >= 0.6 is 0 Å². The normalized spacial score (nSPS) is 10.3. The third-order valence-electron chi connectivity index (χ3n) is 3.11. The lowest BCUT2D eigenvalue weighted by Crippen LogP contribution is -2.07. The van der Waals surface area contributed by atoms with Crippen LogP contribution < -0.4 is 4.74 Å². The molecule has 98 valence electrons. The van der Waals surface area contributed by atoms with Gasteiger partial charge in [0, 0.05) is 29.9 Å². The molecule has 0 aliphatic heterocycles. The molecule has 0 bridgehead atoms. The fourth-order valence-corrected chi connectivity index (χ4v) is 2.10. The van der Waals surface area contributed by atoms with E-state index in [0.29, 0.717) is 6.42 Å². The summed E-state index contributed by atoms with van der Waals surface area (Å²) in [4.78, 5) is 16.3. The zero-order valence-electron chi connectivity index (χ0n) is 11.4. The third-order valence-corrected chi connectivity index (χ3v) is 3.11. The van der Waals surface area contributed by atoms with Gasteiger partial charge in [-0.15, -0.1) is 0 Å². The van der Waals surface area contributed by atoms with Gasteiger partial charge in [0.15, 0.2) is 5.78 Å². The Hall–Kier alpha value is -2.16. The molecule has 0 atom stereocenters. The fourth-order valence-electron chi connectivity index (χ4n) is 2.10. The molecular formula is C16H17NO2. The molecule has 0 fully saturated rings. The second-order valence-electron chi connectivity index (χ2n) is 4.61. The van der Waals surface area contributed by atoms with Crippen molar-refractivity contribution in [1.82, 2.24) is 4.98 Å². The van der Waals surface area contributed by atoms with E-state index < -0.39 is 0 Å². The van der Waals surface area contributed by atoms with Crippen LogP contribution in [0.15, 0.2) is 36.7 Å². The molecule has 1 aromatic carbocycles. The molecule has 1 aromatic heterocycles. The minimum Gasteiger partial charge on any atom is -0.496 e. The SMILES string of the molecule is COc1ccc(C)cc1CC(=O)c1ccncc1C. The average Bonchev–Trinajstić information content (AvgIpc) is 2.39. The Bertz CT molecular complexity index is 605. The number of pyridine rings is 1. The second kappa shape index (κ2) is 5.65. The molecule has 2 rings (SSSR count). The van der Waals surface area contributed by atoms with Gasteiger partial charge in [-0.3, -0.25) is 9.78 Å². The molecule has 0 saturated carbocycles. The van der Waals surface area contributed by atoms with Gasteiger partial charge in [-0.05, 0) is 31.5 Å². The van der Waals surface area contributed by atoms with E-state index in [2.05, 4.69) is 4.98 Å². The summed E-state index contributed by atoms with van der Waals surface area (Å²) in [7, 11) is 1.62. The number of hydrogen-bond acceptors (Lipinski definition) is 3. The van der Waals surface area contributed by atoms with E-state index in [9.17, 15) is 4.79 Å². The first kappa shape index (κ1) is 13.3. The van der Waals surface area contributed by atoms with Crippen molar-refractivity contribution >= 4 is 5.78 Å². The largest absolute Gasteiger partial charge is 0.496 e. The topological polar surface area (TPSA) is 39.2 Å². The number of methoxy groups -OCH3 is 1. The van der Waals surface area contributed by atoms with Gasteiger partial charge in [-0.1, -0.05) is 17.7 Å². The number of Topliss-reactive ketones (excluding diaryl/α,β-unsaturated/α-hetero) is 1. The highest BCUT2D eigenvalue weighted by Crippen LogP contribution is 2.22. The standard InChI is InChI=1S/C16H17NO2/c1-11-4-5-16(19-3)13(8-11)9-15(18)14-6-7-17-10-12(14)2/h4-8,10H,9H2,1-3H3. The maximum Gasteiger partial charge on any atom is 0.167 e. The van der Waals surface area contributed by atoms with Gasteiger partial charge in [0.25, 0.3) is 0 Å². The van der Waals surface area contributed by atoms with Crippen LogP contribution in [0.3, 0.4) is 0 Å². The van der Waals surface area contributed by atoms with Crippen molar-refractivity contribution in [2.45, 2.75) is 20.3 Å². The predicted octanol–water partition coefficient (Wildman–Crippen LogP) is 3.13. The van der Waals surface area contributed by atoms with Crippen molar-refractivity contribution in [3.05, 3.63) is 58.9 Å². The molecule has 3 heteroatoms. The van der Waals surface area contributed by atoms with E-state index >= 15 is 0 Å². The minimum atomic E-state index is 0.0869. The number of carbonyl (C=O) groups excluding carboxylic acids is 1. The summed E-state index contributed by atoms with van der Waals surface area (Å²) in [6.07, 6.45) is 3.70. The molecule has 0 saturated heterocycles. The number of hydrogen-bond donors (Lipinski definition) is 0. The van der Waals surface area contributed by atoms with Gasteiger partial charge in [0.1, 0.15) is 5.75 Å². The van der Waals surface area contributed by atoms with Crippen molar-refractivity contribution in [3.63, 3.8) is 0 Å². The Morgan fingerprint density at radius 3 is 2.74 bits per heavy atom. The van der Waals surface area contributed by atoms with Crippen LogP contribution in [-0.2, 0) is 6.42 Å². The van der Waals surface area contributed by atoms with Crippen molar-refractivity contribution in [2.24, 2.45) is 0 Å². The molecule has 0 aliphatic carbocycles. The number of ether oxygens (including phenoxy) is 1. The summed E-state index contributed by atoms with van der Waals surface area (Å²) in [5, 5.41) is 0. The minimum absolute atomic E-state index is 0.0869. The summed E-state index contributed by atoms with van der Waals surface area (Å²) < 4.78 is 5.30. The van der Waals surface area contributed by atoms with Gasteiger partial charge in [-0.25, -0.2) is 0 Å². The first-order valence-corrected chi connectivity index (χ1v) is 6.19. The lowest BCUT2D eigenvalue weighted by molar-refractivity contribution is 0.0991. The number of benzene rings is 1.